The number of carbonyl (C=O) groups excluding carboxylic acids is 2. The van der Waals surface area contributed by atoms with Crippen LogP contribution in [0.15, 0.2) is 48.1 Å². The average molecular weight is 447 g/mol. The van der Waals surface area contributed by atoms with Gasteiger partial charge < -0.3 is 0 Å². The molecule has 0 fully saturated rings. The summed E-state index contributed by atoms with van der Waals surface area (Å²) in [6, 6.07) is 6.90. The van der Waals surface area contributed by atoms with Gasteiger partial charge in [0, 0.05) is 13.1 Å². The van der Waals surface area contributed by atoms with Crippen LogP contribution < -0.4 is 0 Å². The highest BCUT2D eigenvalue weighted by atomic mass is 32.2. The average Bonchev–Trinajstić information content (AvgIpc) is 3.00. The third-order valence-corrected chi connectivity index (χ3v) is 6.49. The van der Waals surface area contributed by atoms with Gasteiger partial charge in [0.2, 0.25) is 10.0 Å². The molecule has 0 atom stereocenters. The van der Waals surface area contributed by atoms with Crippen LogP contribution in [-0.4, -0.2) is 55.6 Å². The molecule has 1 heterocycles. The van der Waals surface area contributed by atoms with Gasteiger partial charge in [-0.3, -0.25) is 19.3 Å². The molecule has 1 aliphatic heterocycles. The van der Waals surface area contributed by atoms with Gasteiger partial charge in [-0.2, -0.15) is 0 Å². The number of nitrogens with zero attached hydrogens (tertiary/aromatic N) is 2. The molecule has 168 valence electrons. The Balaban J connectivity index is 1.33. The number of hydrogen-bond donors (Lipinski definition) is 0. The summed E-state index contributed by atoms with van der Waals surface area (Å²) in [6.07, 6.45) is 13.1. The van der Waals surface area contributed by atoms with Gasteiger partial charge in [0.25, 0.3) is 11.8 Å². The number of carbonyl (C=O) groups is 2. The van der Waals surface area contributed by atoms with Crippen LogP contribution in [0, 0.1) is 0 Å². The Kier molecular flexibility index (Phi) is 8.17. The topological polar surface area (TPSA) is 84.0 Å². The number of hydrogen-bond acceptors (Lipinski definition) is 5. The van der Waals surface area contributed by atoms with Crippen molar-refractivity contribution in [3.05, 3.63) is 59.2 Å². The molecule has 0 radical (unpaired) electrons. The molecule has 0 bridgehead atoms. The van der Waals surface area contributed by atoms with E-state index in [1.807, 2.05) is 12.2 Å². The summed E-state index contributed by atoms with van der Waals surface area (Å²) in [5, 5.41) is 0. The number of sulfonamides is 1. The molecule has 0 saturated heterocycles. The lowest BCUT2D eigenvalue weighted by Gasteiger charge is -2.20. The fourth-order valence-electron chi connectivity index (χ4n) is 3.74. The molecule has 0 saturated carbocycles. The van der Waals surface area contributed by atoms with Crippen molar-refractivity contribution in [3.8, 4) is 0 Å². The van der Waals surface area contributed by atoms with Crippen LogP contribution in [0.4, 0.5) is 0 Å². The molecule has 3 rings (SSSR count). The lowest BCUT2D eigenvalue weighted by atomic mass is 10.1. The van der Waals surface area contributed by atoms with E-state index in [9.17, 15) is 18.0 Å². The molecule has 0 spiro atoms. The summed E-state index contributed by atoms with van der Waals surface area (Å²) in [6.45, 7) is 1.02. The van der Waals surface area contributed by atoms with E-state index in [1.54, 1.807) is 24.3 Å². The lowest BCUT2D eigenvalue weighted by molar-refractivity contribution is -0.0739. The van der Waals surface area contributed by atoms with Gasteiger partial charge in [-0.15, -0.1) is 0 Å². The predicted octanol–water partition coefficient (Wildman–Crippen LogP) is 3.70. The normalized spacial score (nSPS) is 16.2. The molecule has 0 aromatic heterocycles. The van der Waals surface area contributed by atoms with E-state index in [0.717, 1.165) is 54.8 Å². The van der Waals surface area contributed by atoms with E-state index in [2.05, 4.69) is 6.08 Å². The zero-order valence-corrected chi connectivity index (χ0v) is 18.8. The molecule has 2 amide bonds. The van der Waals surface area contributed by atoms with E-state index in [4.69, 9.17) is 4.84 Å². The Labute approximate surface area is 184 Å². The Morgan fingerprint density at radius 1 is 1.00 bits per heavy atom. The fraction of sp³-hybridized carbons (Fsp3) is 0.478. The van der Waals surface area contributed by atoms with E-state index in [1.165, 1.54) is 4.90 Å². The first-order chi connectivity index (χ1) is 14.9. The van der Waals surface area contributed by atoms with Crippen molar-refractivity contribution in [1.29, 1.82) is 0 Å². The van der Waals surface area contributed by atoms with Gasteiger partial charge >= 0.3 is 0 Å². The standard InChI is InChI=1S/C23H30N2O5S/c1-31(28,29)25(30-18-19-12-6-5-7-13-19)17-11-4-2-3-10-16-24-22(26)20-14-8-9-15-21(20)23(24)27/h5-6,8-9,12,14-15H,2-4,7,10-11,13,16-18H2,1H3. The zero-order chi connectivity index (χ0) is 22.3. The van der Waals surface area contributed by atoms with Gasteiger partial charge in [-0.05, 0) is 43.4 Å². The van der Waals surface area contributed by atoms with Gasteiger partial charge in [-0.1, -0.05) is 54.1 Å². The van der Waals surface area contributed by atoms with Crippen molar-refractivity contribution >= 4 is 21.8 Å². The van der Waals surface area contributed by atoms with Gasteiger partial charge in [-0.25, -0.2) is 8.42 Å². The first kappa shape index (κ1) is 23.4. The molecule has 0 N–H and O–H groups in total. The molecule has 1 aromatic rings. The second-order valence-corrected chi connectivity index (χ2v) is 9.80. The molecule has 31 heavy (non-hydrogen) atoms. The maximum absolute atomic E-state index is 12.3. The number of unbranched alkanes of at least 4 members (excludes halogenated alkanes) is 4. The van der Waals surface area contributed by atoms with Crippen LogP contribution in [0.25, 0.3) is 0 Å². The van der Waals surface area contributed by atoms with Crippen LogP contribution in [-0.2, 0) is 14.9 Å². The van der Waals surface area contributed by atoms with Gasteiger partial charge in [0.15, 0.2) is 0 Å². The number of allylic oxidation sites excluding steroid dienone is 3. The first-order valence-corrected chi connectivity index (χ1v) is 12.6. The summed E-state index contributed by atoms with van der Waals surface area (Å²) in [5.41, 5.74) is 2.05. The van der Waals surface area contributed by atoms with Crippen LogP contribution in [0.5, 0.6) is 0 Å². The van der Waals surface area contributed by atoms with E-state index < -0.39 is 10.0 Å². The van der Waals surface area contributed by atoms with E-state index in [-0.39, 0.29) is 18.4 Å². The van der Waals surface area contributed by atoms with Gasteiger partial charge in [0.05, 0.1) is 24.0 Å². The van der Waals surface area contributed by atoms with Crippen molar-refractivity contribution in [2.45, 2.75) is 44.9 Å². The van der Waals surface area contributed by atoms with Crippen molar-refractivity contribution in [1.82, 2.24) is 9.37 Å². The van der Waals surface area contributed by atoms with Crippen molar-refractivity contribution < 1.29 is 22.8 Å². The molecular formula is C23H30N2O5S. The Hall–Kier alpha value is -2.29. The minimum absolute atomic E-state index is 0.217. The smallest absolute Gasteiger partial charge is 0.261 e. The fourth-order valence-corrected chi connectivity index (χ4v) is 4.44. The van der Waals surface area contributed by atoms with Gasteiger partial charge in [0.1, 0.15) is 0 Å². The number of rotatable bonds is 12. The highest BCUT2D eigenvalue weighted by Crippen LogP contribution is 2.23. The molecule has 2 aliphatic rings. The highest BCUT2D eigenvalue weighted by Gasteiger charge is 2.34. The summed E-state index contributed by atoms with van der Waals surface area (Å²) >= 11 is 0. The molecular weight excluding hydrogens is 416 g/mol. The zero-order valence-electron chi connectivity index (χ0n) is 18.0. The second kappa shape index (κ2) is 10.8. The SMILES string of the molecule is CS(=O)(=O)N(CCCCCCCN1C(=O)c2ccccc2C1=O)OCC1=CC=CCC1. The summed E-state index contributed by atoms with van der Waals surface area (Å²) < 4.78 is 25.0. The third-order valence-electron chi connectivity index (χ3n) is 5.46. The molecule has 1 aliphatic carbocycles. The Morgan fingerprint density at radius 3 is 2.26 bits per heavy atom. The molecule has 8 heteroatoms. The van der Waals surface area contributed by atoms with Crippen molar-refractivity contribution in [3.63, 3.8) is 0 Å². The lowest BCUT2D eigenvalue weighted by Crippen LogP contribution is -2.32. The minimum atomic E-state index is -3.43. The van der Waals surface area contributed by atoms with Crippen LogP contribution in [0.1, 0.15) is 65.7 Å². The largest absolute Gasteiger partial charge is 0.280 e. The second-order valence-electron chi connectivity index (χ2n) is 7.93. The summed E-state index contributed by atoms with van der Waals surface area (Å²) in [4.78, 5) is 31.6. The molecule has 0 unspecified atom stereocenters. The number of amides is 2. The van der Waals surface area contributed by atoms with Crippen LogP contribution >= 0.6 is 0 Å². The van der Waals surface area contributed by atoms with E-state index in [0.29, 0.717) is 30.6 Å². The maximum Gasteiger partial charge on any atom is 0.261 e. The number of fused-ring (bicyclic) bond motifs is 1. The number of imide groups is 1. The minimum Gasteiger partial charge on any atom is -0.280 e. The van der Waals surface area contributed by atoms with Crippen LogP contribution in [0.2, 0.25) is 0 Å². The maximum atomic E-state index is 12.3. The monoisotopic (exact) mass is 446 g/mol. The Bertz CT molecular complexity index is 933. The summed E-state index contributed by atoms with van der Waals surface area (Å²) in [7, 11) is -3.43. The summed E-state index contributed by atoms with van der Waals surface area (Å²) in [5.74, 6) is -0.435. The number of hydroxylamine groups is 1. The van der Waals surface area contributed by atoms with Crippen molar-refractivity contribution in [2.75, 3.05) is 26.0 Å². The van der Waals surface area contributed by atoms with Crippen LogP contribution in [0.3, 0.4) is 0 Å². The molecule has 7 nitrogen and oxygen atoms in total. The van der Waals surface area contributed by atoms with E-state index >= 15 is 0 Å². The quantitative estimate of drug-likeness (QED) is 0.278. The number of benzene rings is 1. The Morgan fingerprint density at radius 2 is 1.65 bits per heavy atom. The molecule has 1 aromatic carbocycles. The predicted molar refractivity (Wildman–Crippen MR) is 119 cm³/mol. The third kappa shape index (κ3) is 6.35. The highest BCUT2D eigenvalue weighted by molar-refractivity contribution is 7.88. The van der Waals surface area contributed by atoms with Crippen molar-refractivity contribution in [2.24, 2.45) is 0 Å². The first-order valence-electron chi connectivity index (χ1n) is 10.8.